The van der Waals surface area contributed by atoms with Crippen molar-refractivity contribution in [1.29, 1.82) is 0 Å². The zero-order chi connectivity index (χ0) is 22.3. The van der Waals surface area contributed by atoms with Gasteiger partial charge in [-0.3, -0.25) is 9.59 Å². The van der Waals surface area contributed by atoms with Crippen LogP contribution in [0, 0.1) is 11.6 Å². The van der Waals surface area contributed by atoms with Gasteiger partial charge >= 0.3 is 0 Å². The number of nitrogens with one attached hydrogen (secondary N) is 2. The average molecular weight is 477 g/mol. The third kappa shape index (κ3) is 6.84. The van der Waals surface area contributed by atoms with E-state index in [4.69, 9.17) is 23.2 Å². The molecule has 162 valence electrons. The van der Waals surface area contributed by atoms with Crippen molar-refractivity contribution >= 4 is 46.8 Å². The molecule has 5 nitrogen and oxygen atoms in total. The van der Waals surface area contributed by atoms with Crippen LogP contribution in [0.3, 0.4) is 0 Å². The highest BCUT2D eigenvalue weighted by atomic mass is 35.5. The van der Waals surface area contributed by atoms with E-state index in [9.17, 15) is 23.5 Å². The van der Waals surface area contributed by atoms with Crippen LogP contribution in [0.2, 0.25) is 10.0 Å². The van der Waals surface area contributed by atoms with Crippen molar-refractivity contribution in [2.24, 2.45) is 0 Å². The molecule has 0 bridgehead atoms. The van der Waals surface area contributed by atoms with Crippen molar-refractivity contribution in [2.45, 2.75) is 18.6 Å². The first-order valence-electron chi connectivity index (χ1n) is 8.88. The third-order valence-electron chi connectivity index (χ3n) is 4.21. The Kier molecular flexibility index (Phi) is 9.36. The summed E-state index contributed by atoms with van der Waals surface area (Å²) in [4.78, 5) is 25.1. The van der Waals surface area contributed by atoms with Crippen LogP contribution in [0.15, 0.2) is 36.4 Å². The molecule has 2 unspecified atom stereocenters. The molecule has 0 radical (unpaired) electrons. The number of thioether (sulfide) groups is 1. The van der Waals surface area contributed by atoms with Gasteiger partial charge in [-0.25, -0.2) is 8.78 Å². The van der Waals surface area contributed by atoms with Crippen molar-refractivity contribution in [2.75, 3.05) is 18.6 Å². The van der Waals surface area contributed by atoms with Gasteiger partial charge in [0.2, 0.25) is 5.91 Å². The number of halogens is 4. The van der Waals surface area contributed by atoms with E-state index in [1.54, 1.807) is 0 Å². The molecule has 2 aromatic rings. The molecular formula is C20H20Cl2F2N2O3S. The van der Waals surface area contributed by atoms with Gasteiger partial charge in [0.25, 0.3) is 5.91 Å². The zero-order valence-corrected chi connectivity index (χ0v) is 18.3. The number of rotatable bonds is 9. The summed E-state index contributed by atoms with van der Waals surface area (Å²) in [5, 5.41) is 15.8. The van der Waals surface area contributed by atoms with Crippen molar-refractivity contribution < 1.29 is 23.5 Å². The van der Waals surface area contributed by atoms with Crippen LogP contribution in [0.1, 0.15) is 28.4 Å². The Bertz CT molecular complexity index is 918. The first-order chi connectivity index (χ1) is 14.2. The quantitative estimate of drug-likeness (QED) is 0.511. The lowest BCUT2D eigenvalue weighted by Gasteiger charge is -2.20. The maximum Gasteiger partial charge on any atom is 0.253 e. The van der Waals surface area contributed by atoms with Crippen LogP contribution in [0.25, 0.3) is 0 Å². The summed E-state index contributed by atoms with van der Waals surface area (Å²) in [7, 11) is 0. The van der Waals surface area contributed by atoms with Gasteiger partial charge in [-0.1, -0.05) is 29.3 Å². The lowest BCUT2D eigenvalue weighted by molar-refractivity contribution is -0.123. The van der Waals surface area contributed by atoms with E-state index in [-0.39, 0.29) is 22.7 Å². The van der Waals surface area contributed by atoms with Crippen molar-refractivity contribution in [3.8, 4) is 0 Å². The molecule has 0 aliphatic carbocycles. The molecule has 2 atom stereocenters. The van der Waals surface area contributed by atoms with E-state index in [1.165, 1.54) is 36.0 Å². The second-order valence-corrected chi connectivity index (χ2v) is 8.20. The second-order valence-electron chi connectivity index (χ2n) is 6.37. The van der Waals surface area contributed by atoms with E-state index in [0.29, 0.717) is 17.2 Å². The summed E-state index contributed by atoms with van der Waals surface area (Å²) in [6.45, 7) is -0.239. The number of hydrogen-bond donors (Lipinski definition) is 3. The fraction of sp³-hybridized carbons (Fsp3) is 0.300. The standard InChI is InChI=1S/C20H20Cl2F2N2O3S/c1-30-7-6-17(26-19(28)13-4-3-12(21)9-14(13)22)20(29)25-10-18(27)11-2-5-15(23)16(24)8-11/h2-5,8-9,17-18,27H,6-7,10H2,1H3,(H,25,29)(H,26,28). The van der Waals surface area contributed by atoms with Gasteiger partial charge in [-0.15, -0.1) is 0 Å². The van der Waals surface area contributed by atoms with Gasteiger partial charge in [0.1, 0.15) is 6.04 Å². The Morgan fingerprint density at radius 3 is 2.50 bits per heavy atom. The van der Waals surface area contributed by atoms with Crippen LogP contribution >= 0.6 is 35.0 Å². The predicted octanol–water partition coefficient (Wildman–Crippen LogP) is 3.97. The minimum atomic E-state index is -1.24. The number of aliphatic hydroxyl groups is 1. The second kappa shape index (κ2) is 11.5. The van der Waals surface area contributed by atoms with Crippen LogP contribution in [0.4, 0.5) is 8.78 Å². The summed E-state index contributed by atoms with van der Waals surface area (Å²) >= 11 is 13.4. The largest absolute Gasteiger partial charge is 0.387 e. The molecule has 2 amide bonds. The molecular weight excluding hydrogens is 457 g/mol. The Morgan fingerprint density at radius 1 is 1.13 bits per heavy atom. The van der Waals surface area contributed by atoms with Crippen LogP contribution in [0.5, 0.6) is 0 Å². The molecule has 0 spiro atoms. The molecule has 0 saturated carbocycles. The molecule has 0 aliphatic heterocycles. The van der Waals surface area contributed by atoms with Crippen molar-refractivity contribution in [3.05, 3.63) is 69.2 Å². The monoisotopic (exact) mass is 476 g/mol. The summed E-state index contributed by atoms with van der Waals surface area (Å²) < 4.78 is 26.4. The highest BCUT2D eigenvalue weighted by Gasteiger charge is 2.23. The Hall–Kier alpha value is -1.87. The Labute approximate surface area is 187 Å². The topological polar surface area (TPSA) is 78.4 Å². The van der Waals surface area contributed by atoms with E-state index >= 15 is 0 Å². The fourth-order valence-corrected chi connectivity index (χ4v) is 3.54. The molecule has 30 heavy (non-hydrogen) atoms. The van der Waals surface area contributed by atoms with Crippen LogP contribution < -0.4 is 10.6 Å². The van der Waals surface area contributed by atoms with Crippen molar-refractivity contribution in [1.82, 2.24) is 10.6 Å². The molecule has 0 aliphatic rings. The minimum Gasteiger partial charge on any atom is -0.387 e. The van der Waals surface area contributed by atoms with Gasteiger partial charge in [0, 0.05) is 11.6 Å². The Balaban J connectivity index is 2.03. The highest BCUT2D eigenvalue weighted by molar-refractivity contribution is 7.98. The molecule has 2 aromatic carbocycles. The van der Waals surface area contributed by atoms with Gasteiger partial charge in [-0.05, 0) is 54.3 Å². The minimum absolute atomic E-state index is 0.117. The number of benzene rings is 2. The van der Waals surface area contributed by atoms with Crippen LogP contribution in [-0.4, -0.2) is 41.5 Å². The van der Waals surface area contributed by atoms with E-state index in [2.05, 4.69) is 10.6 Å². The fourth-order valence-electron chi connectivity index (χ4n) is 2.57. The third-order valence-corrected chi connectivity index (χ3v) is 5.40. The van der Waals surface area contributed by atoms with E-state index in [1.807, 2.05) is 6.26 Å². The number of hydrogen-bond acceptors (Lipinski definition) is 4. The summed E-state index contributed by atoms with van der Waals surface area (Å²) in [5.74, 6) is -2.60. The predicted molar refractivity (Wildman–Crippen MR) is 115 cm³/mol. The van der Waals surface area contributed by atoms with Gasteiger partial charge in [0.05, 0.1) is 16.7 Å². The highest BCUT2D eigenvalue weighted by Crippen LogP contribution is 2.21. The molecule has 0 fully saturated rings. The van der Waals surface area contributed by atoms with Crippen molar-refractivity contribution in [3.63, 3.8) is 0 Å². The zero-order valence-electron chi connectivity index (χ0n) is 15.9. The molecule has 3 N–H and O–H groups in total. The Morgan fingerprint density at radius 2 is 1.87 bits per heavy atom. The van der Waals surface area contributed by atoms with E-state index in [0.717, 1.165) is 12.1 Å². The van der Waals surface area contributed by atoms with Crippen LogP contribution in [-0.2, 0) is 4.79 Å². The maximum absolute atomic E-state index is 13.3. The normalized spacial score (nSPS) is 12.9. The number of carbonyl (C=O) groups is 2. The number of amides is 2. The smallest absolute Gasteiger partial charge is 0.253 e. The maximum atomic E-state index is 13.3. The van der Waals surface area contributed by atoms with Gasteiger partial charge < -0.3 is 15.7 Å². The van der Waals surface area contributed by atoms with E-state index < -0.39 is 35.6 Å². The molecule has 10 heteroatoms. The molecule has 0 saturated heterocycles. The first-order valence-corrected chi connectivity index (χ1v) is 11.0. The summed E-state index contributed by atoms with van der Waals surface area (Å²) in [6, 6.07) is 6.49. The van der Waals surface area contributed by atoms with Gasteiger partial charge in [0.15, 0.2) is 11.6 Å². The average Bonchev–Trinajstić information content (AvgIpc) is 2.70. The lowest BCUT2D eigenvalue weighted by atomic mass is 10.1. The lowest BCUT2D eigenvalue weighted by Crippen LogP contribution is -2.48. The summed E-state index contributed by atoms with van der Waals surface area (Å²) in [5.41, 5.74) is 0.289. The number of aliphatic hydroxyl groups excluding tert-OH is 1. The summed E-state index contributed by atoms with van der Waals surface area (Å²) in [6.07, 6.45) is 0.955. The first kappa shape index (κ1) is 24.4. The molecule has 0 aromatic heterocycles. The molecule has 2 rings (SSSR count). The number of carbonyl (C=O) groups excluding carboxylic acids is 2. The SMILES string of the molecule is CSCCC(NC(=O)c1ccc(Cl)cc1Cl)C(=O)NCC(O)c1ccc(F)c(F)c1. The van der Waals surface area contributed by atoms with Gasteiger partial charge in [-0.2, -0.15) is 11.8 Å². The molecule has 0 heterocycles.